The van der Waals surface area contributed by atoms with Gasteiger partial charge >= 0.3 is 0 Å². The predicted octanol–water partition coefficient (Wildman–Crippen LogP) is 4.50. The highest BCUT2D eigenvalue weighted by molar-refractivity contribution is 5.99. The first-order valence-electron chi connectivity index (χ1n) is 14.9. The number of rotatable bonds is 5. The number of nitrogens with one attached hydrogen (secondary N) is 2. The highest BCUT2D eigenvalue weighted by Crippen LogP contribution is 2.69. The number of carbonyl (C=O) groups is 1. The van der Waals surface area contributed by atoms with Gasteiger partial charge in [0, 0.05) is 47.6 Å². The molecule has 2 fully saturated rings. The standard InChI is InChI=1S/C34H33N3O4/c38-26-11-9-21-15-27-34(40)16-24-23-14-22(32(39)35-17-19-4-2-1-3-5-19)8-10-25(23)36-29(24)31-33(34,28(21)30(26)41-31)12-13-37(27)18-20-6-7-20/h1-5,8-11,14,20,27,31,36,38,40H,6-7,12-13,15-18H2,(H,35,39)/t27-,31+,33+,34-/m1/s1. The molecule has 0 radical (unpaired) electrons. The van der Waals surface area contributed by atoms with Gasteiger partial charge in [-0.25, -0.2) is 0 Å². The first-order valence-corrected chi connectivity index (χ1v) is 14.9. The molecule has 9 rings (SSSR count). The number of likely N-dealkylation sites (tertiary alicyclic amines) is 1. The molecule has 1 saturated heterocycles. The van der Waals surface area contributed by atoms with Crippen molar-refractivity contribution >= 4 is 16.8 Å². The summed E-state index contributed by atoms with van der Waals surface area (Å²) in [6.07, 6.45) is 4.13. The maximum absolute atomic E-state index is 13.2. The van der Waals surface area contributed by atoms with Crippen molar-refractivity contribution < 1.29 is 19.7 Å². The van der Waals surface area contributed by atoms with E-state index in [-0.39, 0.29) is 17.7 Å². The molecular weight excluding hydrogens is 514 g/mol. The Bertz CT molecular complexity index is 1740. The first kappa shape index (κ1) is 23.9. The van der Waals surface area contributed by atoms with Crippen LogP contribution in [-0.2, 0) is 24.8 Å². The van der Waals surface area contributed by atoms with E-state index in [0.29, 0.717) is 24.3 Å². The second kappa shape index (κ2) is 8.14. The Hall–Kier alpha value is -3.81. The molecule has 7 heteroatoms. The van der Waals surface area contributed by atoms with Crippen LogP contribution >= 0.6 is 0 Å². The SMILES string of the molecule is O=C(NCc1ccccc1)c1ccc2[nH]c3c(c2c1)C[C@@]1(O)[C@H]2Cc4ccc(O)c5c4[C@@]1(CCN2CC1CC1)[C@H]3O5. The lowest BCUT2D eigenvalue weighted by Crippen LogP contribution is -2.74. The lowest BCUT2D eigenvalue weighted by atomic mass is 9.49. The number of aromatic nitrogens is 1. The van der Waals surface area contributed by atoms with Crippen LogP contribution in [0, 0.1) is 5.92 Å². The highest BCUT2D eigenvalue weighted by Gasteiger charge is 2.72. The summed E-state index contributed by atoms with van der Waals surface area (Å²) >= 11 is 0. The molecule has 5 aliphatic rings. The summed E-state index contributed by atoms with van der Waals surface area (Å²) in [5, 5.41) is 27.9. The minimum Gasteiger partial charge on any atom is -0.504 e. The van der Waals surface area contributed by atoms with E-state index in [1.54, 1.807) is 6.07 Å². The van der Waals surface area contributed by atoms with Crippen LogP contribution in [0.25, 0.3) is 10.9 Å². The summed E-state index contributed by atoms with van der Waals surface area (Å²) in [5.74, 6) is 1.28. The molecule has 2 aliphatic heterocycles. The quantitative estimate of drug-likeness (QED) is 0.295. The van der Waals surface area contributed by atoms with E-state index in [4.69, 9.17) is 4.74 Å². The number of piperidine rings is 1. The Labute approximate surface area is 238 Å². The van der Waals surface area contributed by atoms with Gasteiger partial charge < -0.3 is 25.3 Å². The molecule has 3 aromatic carbocycles. The fourth-order valence-corrected chi connectivity index (χ4v) is 8.64. The van der Waals surface area contributed by atoms with Gasteiger partial charge in [-0.05, 0) is 79.1 Å². The van der Waals surface area contributed by atoms with Gasteiger partial charge in [0.15, 0.2) is 17.6 Å². The Balaban J connectivity index is 1.16. The van der Waals surface area contributed by atoms with E-state index < -0.39 is 17.1 Å². The molecule has 1 saturated carbocycles. The minimum absolute atomic E-state index is 0.0265. The average molecular weight is 548 g/mol. The smallest absolute Gasteiger partial charge is 0.251 e. The highest BCUT2D eigenvalue weighted by atomic mass is 16.5. The fourth-order valence-electron chi connectivity index (χ4n) is 8.64. The molecule has 1 spiro atoms. The number of aromatic amines is 1. The van der Waals surface area contributed by atoms with Crippen molar-refractivity contribution in [1.29, 1.82) is 0 Å². The molecule has 3 heterocycles. The van der Waals surface area contributed by atoms with Crippen molar-refractivity contribution in [3.05, 3.63) is 94.2 Å². The predicted molar refractivity (Wildman–Crippen MR) is 154 cm³/mol. The zero-order chi connectivity index (χ0) is 27.5. The Morgan fingerprint density at radius 2 is 1.98 bits per heavy atom. The molecule has 2 bridgehead atoms. The van der Waals surface area contributed by atoms with Crippen LogP contribution in [-0.4, -0.2) is 50.7 Å². The summed E-state index contributed by atoms with van der Waals surface area (Å²) in [6, 6.07) is 19.4. The summed E-state index contributed by atoms with van der Waals surface area (Å²) < 4.78 is 6.69. The normalized spacial score (nSPS) is 29.1. The Kier molecular flexibility index (Phi) is 4.74. The van der Waals surface area contributed by atoms with Crippen molar-refractivity contribution in [3.63, 3.8) is 0 Å². The van der Waals surface area contributed by atoms with Gasteiger partial charge in [-0.2, -0.15) is 0 Å². The van der Waals surface area contributed by atoms with E-state index in [9.17, 15) is 15.0 Å². The summed E-state index contributed by atoms with van der Waals surface area (Å²) in [7, 11) is 0. The minimum atomic E-state index is -1.05. The van der Waals surface area contributed by atoms with Crippen molar-refractivity contribution in [3.8, 4) is 11.5 Å². The van der Waals surface area contributed by atoms with Crippen molar-refractivity contribution in [2.45, 2.75) is 61.8 Å². The number of ether oxygens (including phenoxy) is 1. The number of aromatic hydroxyl groups is 1. The average Bonchev–Trinajstić information content (AvgIpc) is 3.63. The lowest BCUT2D eigenvalue weighted by Gasteiger charge is -2.62. The third-order valence-electron chi connectivity index (χ3n) is 10.7. The number of fused-ring (bicyclic) bond motifs is 4. The molecule has 208 valence electrons. The molecule has 7 nitrogen and oxygen atoms in total. The van der Waals surface area contributed by atoms with Crippen LogP contribution in [0.3, 0.4) is 0 Å². The largest absolute Gasteiger partial charge is 0.504 e. The van der Waals surface area contributed by atoms with Gasteiger partial charge in [0.1, 0.15) is 0 Å². The van der Waals surface area contributed by atoms with Gasteiger partial charge in [-0.15, -0.1) is 0 Å². The molecule has 3 aliphatic carbocycles. The van der Waals surface area contributed by atoms with E-state index in [2.05, 4.69) is 15.2 Å². The molecule has 41 heavy (non-hydrogen) atoms. The maximum atomic E-state index is 13.2. The fraction of sp³-hybridized carbons (Fsp3) is 0.382. The maximum Gasteiger partial charge on any atom is 0.251 e. The third-order valence-corrected chi connectivity index (χ3v) is 10.7. The number of phenolic OH excluding ortho intramolecular Hbond substituents is 1. The molecule has 4 atom stereocenters. The molecule has 4 N–H and O–H groups in total. The number of phenols is 1. The number of carbonyl (C=O) groups excluding carboxylic acids is 1. The monoisotopic (exact) mass is 547 g/mol. The summed E-state index contributed by atoms with van der Waals surface area (Å²) in [4.78, 5) is 19.4. The van der Waals surface area contributed by atoms with Gasteiger partial charge in [-0.3, -0.25) is 9.69 Å². The topological polar surface area (TPSA) is 97.8 Å². The van der Waals surface area contributed by atoms with Crippen LogP contribution in [0.2, 0.25) is 0 Å². The number of H-pyrrole nitrogens is 1. The summed E-state index contributed by atoms with van der Waals surface area (Å²) in [5.41, 5.74) is 5.09. The second-order valence-corrected chi connectivity index (χ2v) is 12.9. The zero-order valence-electron chi connectivity index (χ0n) is 22.8. The van der Waals surface area contributed by atoms with E-state index in [1.807, 2.05) is 54.6 Å². The van der Waals surface area contributed by atoms with Crippen molar-refractivity contribution in [1.82, 2.24) is 15.2 Å². The number of hydrogen-bond donors (Lipinski definition) is 4. The van der Waals surface area contributed by atoms with Crippen LogP contribution in [0.5, 0.6) is 11.5 Å². The van der Waals surface area contributed by atoms with Crippen molar-refractivity contribution in [2.75, 3.05) is 13.1 Å². The van der Waals surface area contributed by atoms with E-state index >= 15 is 0 Å². The molecule has 0 unspecified atom stereocenters. The number of aliphatic hydroxyl groups is 1. The number of benzene rings is 3. The molecular formula is C34H33N3O4. The second-order valence-electron chi connectivity index (χ2n) is 12.9. The van der Waals surface area contributed by atoms with E-state index in [0.717, 1.165) is 65.1 Å². The number of nitrogens with zero attached hydrogens (tertiary/aromatic N) is 1. The van der Waals surface area contributed by atoms with Gasteiger partial charge in [-0.1, -0.05) is 36.4 Å². The van der Waals surface area contributed by atoms with Crippen LogP contribution in [0.1, 0.15) is 63.7 Å². The van der Waals surface area contributed by atoms with E-state index in [1.165, 1.54) is 18.4 Å². The van der Waals surface area contributed by atoms with Crippen molar-refractivity contribution in [2.24, 2.45) is 5.92 Å². The van der Waals surface area contributed by atoms with Gasteiger partial charge in [0.05, 0.1) is 16.7 Å². The van der Waals surface area contributed by atoms with Gasteiger partial charge in [0.2, 0.25) is 0 Å². The summed E-state index contributed by atoms with van der Waals surface area (Å²) in [6.45, 7) is 2.41. The van der Waals surface area contributed by atoms with Crippen LogP contribution in [0.4, 0.5) is 0 Å². The van der Waals surface area contributed by atoms with Crippen LogP contribution < -0.4 is 10.1 Å². The van der Waals surface area contributed by atoms with Gasteiger partial charge in [0.25, 0.3) is 5.91 Å². The number of hydrogen-bond acceptors (Lipinski definition) is 5. The molecule has 1 aromatic heterocycles. The van der Waals surface area contributed by atoms with Crippen LogP contribution in [0.15, 0.2) is 60.7 Å². The molecule has 4 aromatic rings. The first-order chi connectivity index (χ1) is 20.0. The number of amides is 1. The Morgan fingerprint density at radius 1 is 1.12 bits per heavy atom. The molecule has 1 amide bonds. The zero-order valence-corrected chi connectivity index (χ0v) is 22.8. The lowest BCUT2D eigenvalue weighted by molar-refractivity contribution is -0.173. The third kappa shape index (κ3) is 3.13. The Morgan fingerprint density at radius 3 is 2.80 bits per heavy atom.